The van der Waals surface area contributed by atoms with Crippen molar-refractivity contribution in [3.8, 4) is 0 Å². The van der Waals surface area contributed by atoms with Gasteiger partial charge in [0, 0.05) is 26.3 Å². The van der Waals surface area contributed by atoms with Crippen LogP contribution in [0.4, 0.5) is 4.79 Å². The number of hydrogen-bond donors (Lipinski definition) is 2. The van der Waals surface area contributed by atoms with Gasteiger partial charge in [-0.15, -0.1) is 0 Å². The molecule has 2 heterocycles. The molecule has 2 amide bonds. The lowest BCUT2D eigenvalue weighted by Crippen LogP contribution is -2.47. The molecule has 1 aromatic heterocycles. The molecule has 1 atom stereocenters. The second kappa shape index (κ2) is 7.49. The fourth-order valence-corrected chi connectivity index (χ4v) is 3.28. The summed E-state index contributed by atoms with van der Waals surface area (Å²) in [6.45, 7) is 1.20. The SMILES string of the molecule is Cn1cc(CCCNC(=O)N2CCc3ccccc3C2CO)cn1. The van der Waals surface area contributed by atoms with Crippen LogP contribution >= 0.6 is 0 Å². The molecule has 1 aromatic carbocycles. The molecule has 6 nitrogen and oxygen atoms in total. The largest absolute Gasteiger partial charge is 0.394 e. The van der Waals surface area contributed by atoms with E-state index in [0.29, 0.717) is 13.1 Å². The van der Waals surface area contributed by atoms with Crippen LogP contribution in [0.25, 0.3) is 0 Å². The van der Waals surface area contributed by atoms with E-state index in [4.69, 9.17) is 0 Å². The van der Waals surface area contributed by atoms with Crippen LogP contribution in [0.15, 0.2) is 36.7 Å². The summed E-state index contributed by atoms with van der Waals surface area (Å²) in [5.74, 6) is 0. The maximum Gasteiger partial charge on any atom is 0.318 e. The first-order valence-corrected chi connectivity index (χ1v) is 8.39. The molecule has 1 unspecified atom stereocenters. The number of amides is 2. The standard InChI is InChI=1S/C18H24N4O2/c1-21-12-14(11-20-21)5-4-9-19-18(24)22-10-8-15-6-2-3-7-16(15)17(22)13-23/h2-3,6-7,11-12,17,23H,4-5,8-10,13H2,1H3,(H,19,24). The van der Waals surface area contributed by atoms with Crippen LogP contribution in [0.3, 0.4) is 0 Å². The van der Waals surface area contributed by atoms with E-state index < -0.39 is 0 Å². The Hall–Kier alpha value is -2.34. The topological polar surface area (TPSA) is 70.4 Å². The molecule has 0 aliphatic carbocycles. The monoisotopic (exact) mass is 328 g/mol. The Morgan fingerprint density at radius 1 is 1.42 bits per heavy atom. The third-order valence-electron chi connectivity index (χ3n) is 4.52. The molecule has 0 saturated carbocycles. The predicted molar refractivity (Wildman–Crippen MR) is 91.6 cm³/mol. The summed E-state index contributed by atoms with van der Waals surface area (Å²) >= 11 is 0. The van der Waals surface area contributed by atoms with Crippen LogP contribution < -0.4 is 5.32 Å². The number of fused-ring (bicyclic) bond motifs is 1. The number of aliphatic hydroxyl groups is 1. The van der Waals surface area contributed by atoms with Crippen molar-refractivity contribution >= 4 is 6.03 Å². The van der Waals surface area contributed by atoms with E-state index >= 15 is 0 Å². The van der Waals surface area contributed by atoms with Crippen LogP contribution in [0, 0.1) is 0 Å². The second-order valence-corrected chi connectivity index (χ2v) is 6.20. The number of carbonyl (C=O) groups excluding carboxylic acids is 1. The summed E-state index contributed by atoms with van der Waals surface area (Å²) in [6.07, 6.45) is 6.43. The molecule has 0 fully saturated rings. The molecule has 1 aliphatic heterocycles. The number of aromatic nitrogens is 2. The molecule has 128 valence electrons. The van der Waals surface area contributed by atoms with Crippen molar-refractivity contribution in [2.75, 3.05) is 19.7 Å². The molecule has 0 bridgehead atoms. The zero-order chi connectivity index (χ0) is 16.9. The molecule has 2 aromatic rings. The van der Waals surface area contributed by atoms with Gasteiger partial charge in [-0.05, 0) is 36.0 Å². The Labute approximate surface area is 142 Å². The Bertz CT molecular complexity index is 698. The molecule has 6 heteroatoms. The lowest BCUT2D eigenvalue weighted by molar-refractivity contribution is 0.127. The number of nitrogens with zero attached hydrogens (tertiary/aromatic N) is 3. The maximum absolute atomic E-state index is 12.5. The van der Waals surface area contributed by atoms with Gasteiger partial charge in [-0.1, -0.05) is 24.3 Å². The normalized spacial score (nSPS) is 16.8. The predicted octanol–water partition coefficient (Wildman–Crippen LogP) is 1.65. The zero-order valence-corrected chi connectivity index (χ0v) is 14.0. The Morgan fingerprint density at radius 2 is 2.25 bits per heavy atom. The number of nitrogens with one attached hydrogen (secondary N) is 1. The molecule has 1 aliphatic rings. The summed E-state index contributed by atoms with van der Waals surface area (Å²) in [6, 6.07) is 7.67. The van der Waals surface area contributed by atoms with E-state index in [1.807, 2.05) is 37.6 Å². The molecule has 0 saturated heterocycles. The van der Waals surface area contributed by atoms with E-state index in [9.17, 15) is 9.90 Å². The molecule has 0 radical (unpaired) electrons. The number of aliphatic hydroxyl groups excluding tert-OH is 1. The van der Waals surface area contributed by atoms with Crippen molar-refractivity contribution < 1.29 is 9.90 Å². The third-order valence-corrected chi connectivity index (χ3v) is 4.52. The third kappa shape index (κ3) is 3.59. The quantitative estimate of drug-likeness (QED) is 0.820. The number of aryl methyl sites for hydroxylation is 2. The number of urea groups is 1. The molecule has 3 rings (SSSR count). The highest BCUT2D eigenvalue weighted by molar-refractivity contribution is 5.75. The molecule has 24 heavy (non-hydrogen) atoms. The average molecular weight is 328 g/mol. The molecular weight excluding hydrogens is 304 g/mol. The average Bonchev–Trinajstić information content (AvgIpc) is 3.02. The van der Waals surface area contributed by atoms with Crippen LogP contribution in [0.1, 0.15) is 29.2 Å². The highest BCUT2D eigenvalue weighted by Crippen LogP contribution is 2.29. The van der Waals surface area contributed by atoms with Gasteiger partial charge in [0.05, 0.1) is 18.8 Å². The number of hydrogen-bond acceptors (Lipinski definition) is 3. The molecule has 2 N–H and O–H groups in total. The van der Waals surface area contributed by atoms with Crippen molar-refractivity contribution in [2.24, 2.45) is 7.05 Å². The van der Waals surface area contributed by atoms with Gasteiger partial charge in [-0.3, -0.25) is 4.68 Å². The second-order valence-electron chi connectivity index (χ2n) is 6.20. The van der Waals surface area contributed by atoms with Crippen molar-refractivity contribution in [2.45, 2.75) is 25.3 Å². The van der Waals surface area contributed by atoms with Gasteiger partial charge in [0.1, 0.15) is 0 Å². The maximum atomic E-state index is 12.5. The lowest BCUT2D eigenvalue weighted by Gasteiger charge is -2.36. The fourth-order valence-electron chi connectivity index (χ4n) is 3.28. The Morgan fingerprint density at radius 3 is 3.00 bits per heavy atom. The van der Waals surface area contributed by atoms with E-state index in [1.54, 1.807) is 9.58 Å². The molecule has 0 spiro atoms. The zero-order valence-electron chi connectivity index (χ0n) is 14.0. The van der Waals surface area contributed by atoms with Crippen molar-refractivity contribution in [1.29, 1.82) is 0 Å². The van der Waals surface area contributed by atoms with Crippen molar-refractivity contribution in [1.82, 2.24) is 20.0 Å². The minimum atomic E-state index is -0.256. The smallest absolute Gasteiger partial charge is 0.318 e. The van der Waals surface area contributed by atoms with Gasteiger partial charge in [0.25, 0.3) is 0 Å². The van der Waals surface area contributed by atoms with Crippen molar-refractivity contribution in [3.63, 3.8) is 0 Å². The summed E-state index contributed by atoms with van der Waals surface area (Å²) in [7, 11) is 1.90. The number of carbonyl (C=O) groups is 1. The minimum absolute atomic E-state index is 0.0554. The summed E-state index contributed by atoms with van der Waals surface area (Å²) < 4.78 is 1.78. The highest BCUT2D eigenvalue weighted by Gasteiger charge is 2.29. The van der Waals surface area contributed by atoms with Crippen LogP contribution in [-0.2, 0) is 19.9 Å². The summed E-state index contributed by atoms with van der Waals surface area (Å²) in [4.78, 5) is 14.2. The van der Waals surface area contributed by atoms with Gasteiger partial charge in [-0.25, -0.2) is 4.79 Å². The van der Waals surface area contributed by atoms with Crippen LogP contribution in [0.2, 0.25) is 0 Å². The number of rotatable bonds is 5. The minimum Gasteiger partial charge on any atom is -0.394 e. The Balaban J connectivity index is 1.53. The van der Waals surface area contributed by atoms with Gasteiger partial charge in [0.15, 0.2) is 0 Å². The van der Waals surface area contributed by atoms with E-state index in [-0.39, 0.29) is 18.7 Å². The summed E-state index contributed by atoms with van der Waals surface area (Å²) in [5, 5.41) is 16.9. The number of benzene rings is 1. The van der Waals surface area contributed by atoms with Crippen molar-refractivity contribution in [3.05, 3.63) is 53.3 Å². The van der Waals surface area contributed by atoms with Gasteiger partial charge < -0.3 is 15.3 Å². The summed E-state index contributed by atoms with van der Waals surface area (Å²) in [5.41, 5.74) is 3.45. The van der Waals surface area contributed by atoms with E-state index in [2.05, 4.69) is 16.5 Å². The van der Waals surface area contributed by atoms with E-state index in [0.717, 1.165) is 24.8 Å². The van der Waals surface area contributed by atoms with Crippen LogP contribution in [0.5, 0.6) is 0 Å². The first-order valence-electron chi connectivity index (χ1n) is 8.39. The van der Waals surface area contributed by atoms with Crippen LogP contribution in [-0.4, -0.2) is 45.5 Å². The Kier molecular flexibility index (Phi) is 5.15. The first kappa shape index (κ1) is 16.5. The van der Waals surface area contributed by atoms with Gasteiger partial charge in [0.2, 0.25) is 0 Å². The fraction of sp³-hybridized carbons (Fsp3) is 0.444. The lowest BCUT2D eigenvalue weighted by atomic mass is 9.93. The van der Waals surface area contributed by atoms with E-state index in [1.165, 1.54) is 11.1 Å². The highest BCUT2D eigenvalue weighted by atomic mass is 16.3. The molecular formula is C18H24N4O2. The first-order chi connectivity index (χ1) is 11.7. The van der Waals surface area contributed by atoms with Gasteiger partial charge in [-0.2, -0.15) is 5.10 Å². The van der Waals surface area contributed by atoms with Gasteiger partial charge >= 0.3 is 6.03 Å².